The number of rotatable bonds is 4. The molecule has 1 aliphatic rings. The van der Waals surface area contributed by atoms with Crippen molar-refractivity contribution in [2.75, 3.05) is 13.1 Å². The van der Waals surface area contributed by atoms with Gasteiger partial charge < -0.3 is 5.73 Å². The molecule has 3 heteroatoms. The molecule has 2 rings (SSSR count). The predicted molar refractivity (Wildman–Crippen MR) is 79.8 cm³/mol. The molecule has 2 N–H and O–H groups in total. The molecule has 0 aromatic carbocycles. The third-order valence-corrected chi connectivity index (χ3v) is 4.99. The summed E-state index contributed by atoms with van der Waals surface area (Å²) in [5, 5.41) is 4.41. The number of likely N-dealkylation sites (tertiary alicyclic amines) is 1. The molecular formula is C15H26N2S. The first-order chi connectivity index (χ1) is 8.59. The van der Waals surface area contributed by atoms with Gasteiger partial charge in [-0.25, -0.2) is 0 Å². The summed E-state index contributed by atoms with van der Waals surface area (Å²) in [7, 11) is 0. The van der Waals surface area contributed by atoms with Crippen LogP contribution in [0.25, 0.3) is 0 Å². The smallest absolute Gasteiger partial charge is 0.0504 e. The van der Waals surface area contributed by atoms with E-state index in [1.54, 1.807) is 11.3 Å². The number of hydrogen-bond donors (Lipinski definition) is 1. The highest BCUT2D eigenvalue weighted by molar-refractivity contribution is 7.07. The summed E-state index contributed by atoms with van der Waals surface area (Å²) in [6, 6.07) is 2.84. The standard InChI is InChI=1S/C15H26N2S/c1-11(2)13-4-7-17(8-5-13)15(12(3)16)14-6-9-18-10-14/h6,9-13,15H,4-5,7-8,16H2,1-3H3. The molecule has 1 aromatic heterocycles. The fourth-order valence-corrected chi connectivity index (χ4v) is 3.84. The van der Waals surface area contributed by atoms with Gasteiger partial charge in [0, 0.05) is 6.04 Å². The van der Waals surface area contributed by atoms with Gasteiger partial charge in [-0.15, -0.1) is 0 Å². The molecule has 0 aliphatic carbocycles. The van der Waals surface area contributed by atoms with E-state index in [1.165, 1.54) is 31.5 Å². The van der Waals surface area contributed by atoms with E-state index in [9.17, 15) is 0 Å². The Morgan fingerprint density at radius 3 is 2.39 bits per heavy atom. The van der Waals surface area contributed by atoms with Gasteiger partial charge in [-0.2, -0.15) is 11.3 Å². The molecule has 1 aliphatic heterocycles. The third kappa shape index (κ3) is 3.14. The lowest BCUT2D eigenvalue weighted by Crippen LogP contribution is -2.44. The van der Waals surface area contributed by atoms with Gasteiger partial charge in [0.05, 0.1) is 6.04 Å². The summed E-state index contributed by atoms with van der Waals surface area (Å²) in [5.74, 6) is 1.72. The van der Waals surface area contributed by atoms with E-state index in [-0.39, 0.29) is 6.04 Å². The van der Waals surface area contributed by atoms with E-state index >= 15 is 0 Å². The van der Waals surface area contributed by atoms with Crippen molar-refractivity contribution in [3.05, 3.63) is 22.4 Å². The minimum atomic E-state index is 0.204. The lowest BCUT2D eigenvalue weighted by molar-refractivity contribution is 0.103. The van der Waals surface area contributed by atoms with Crippen molar-refractivity contribution in [1.82, 2.24) is 4.90 Å². The maximum atomic E-state index is 6.22. The second-order valence-corrected chi connectivity index (χ2v) is 6.76. The maximum absolute atomic E-state index is 6.22. The summed E-state index contributed by atoms with van der Waals surface area (Å²) >= 11 is 1.77. The zero-order chi connectivity index (χ0) is 13.1. The SMILES string of the molecule is CC(C)C1CCN(C(c2ccsc2)C(C)N)CC1. The Labute approximate surface area is 115 Å². The Hall–Kier alpha value is -0.380. The topological polar surface area (TPSA) is 29.3 Å². The molecule has 2 atom stereocenters. The average Bonchev–Trinajstić information content (AvgIpc) is 2.83. The van der Waals surface area contributed by atoms with Gasteiger partial charge in [0.15, 0.2) is 0 Å². The molecule has 0 spiro atoms. The molecule has 1 aromatic rings. The molecule has 2 nitrogen and oxygen atoms in total. The molecule has 2 heterocycles. The van der Waals surface area contributed by atoms with Crippen LogP contribution in [-0.2, 0) is 0 Å². The summed E-state index contributed by atoms with van der Waals surface area (Å²) in [6.45, 7) is 9.23. The van der Waals surface area contributed by atoms with Gasteiger partial charge in [0.1, 0.15) is 0 Å². The molecule has 1 fully saturated rings. The van der Waals surface area contributed by atoms with Gasteiger partial charge >= 0.3 is 0 Å². The zero-order valence-electron chi connectivity index (χ0n) is 11.8. The fourth-order valence-electron chi connectivity index (χ4n) is 3.15. The molecule has 0 bridgehead atoms. The van der Waals surface area contributed by atoms with E-state index in [1.807, 2.05) is 0 Å². The molecule has 18 heavy (non-hydrogen) atoms. The minimum absolute atomic E-state index is 0.204. The highest BCUT2D eigenvalue weighted by Crippen LogP contribution is 2.32. The van der Waals surface area contributed by atoms with Crippen LogP contribution in [-0.4, -0.2) is 24.0 Å². The highest BCUT2D eigenvalue weighted by atomic mass is 32.1. The largest absolute Gasteiger partial charge is 0.326 e. The van der Waals surface area contributed by atoms with Crippen molar-refractivity contribution in [1.29, 1.82) is 0 Å². The number of nitrogens with zero attached hydrogens (tertiary/aromatic N) is 1. The van der Waals surface area contributed by atoms with Gasteiger partial charge in [-0.3, -0.25) is 4.90 Å². The first-order valence-corrected chi connectivity index (χ1v) is 8.05. The van der Waals surface area contributed by atoms with Crippen LogP contribution in [0.15, 0.2) is 16.8 Å². The molecule has 0 saturated carbocycles. The zero-order valence-corrected chi connectivity index (χ0v) is 12.6. The fraction of sp³-hybridized carbons (Fsp3) is 0.733. The lowest BCUT2D eigenvalue weighted by Gasteiger charge is -2.40. The van der Waals surface area contributed by atoms with Crippen molar-refractivity contribution in [2.24, 2.45) is 17.6 Å². The van der Waals surface area contributed by atoms with Crippen LogP contribution in [0.4, 0.5) is 0 Å². The summed E-state index contributed by atoms with van der Waals surface area (Å²) in [4.78, 5) is 2.59. The molecule has 1 saturated heterocycles. The average molecular weight is 266 g/mol. The van der Waals surface area contributed by atoms with E-state index in [4.69, 9.17) is 5.73 Å². The summed E-state index contributed by atoms with van der Waals surface area (Å²) in [5.41, 5.74) is 7.62. The van der Waals surface area contributed by atoms with Crippen molar-refractivity contribution < 1.29 is 0 Å². The van der Waals surface area contributed by atoms with Crippen LogP contribution in [0.1, 0.15) is 45.2 Å². The molecule has 0 amide bonds. The molecule has 102 valence electrons. The van der Waals surface area contributed by atoms with Crippen LogP contribution in [0.2, 0.25) is 0 Å². The third-order valence-electron chi connectivity index (χ3n) is 4.29. The first-order valence-electron chi connectivity index (χ1n) is 7.11. The maximum Gasteiger partial charge on any atom is 0.0504 e. The molecular weight excluding hydrogens is 240 g/mol. The second-order valence-electron chi connectivity index (χ2n) is 5.98. The van der Waals surface area contributed by atoms with Gasteiger partial charge in [0.25, 0.3) is 0 Å². The number of hydrogen-bond acceptors (Lipinski definition) is 3. The van der Waals surface area contributed by atoms with E-state index in [0.29, 0.717) is 6.04 Å². The van der Waals surface area contributed by atoms with E-state index < -0.39 is 0 Å². The molecule has 0 radical (unpaired) electrons. The normalized spacial score (nSPS) is 22.3. The molecule has 2 unspecified atom stereocenters. The highest BCUT2D eigenvalue weighted by Gasteiger charge is 2.29. The predicted octanol–water partition coefficient (Wildman–Crippen LogP) is 3.50. The van der Waals surface area contributed by atoms with Crippen molar-refractivity contribution >= 4 is 11.3 Å². The Bertz CT molecular complexity index is 337. The van der Waals surface area contributed by atoms with E-state index in [0.717, 1.165) is 11.8 Å². The van der Waals surface area contributed by atoms with Gasteiger partial charge in [-0.1, -0.05) is 13.8 Å². The Morgan fingerprint density at radius 2 is 1.94 bits per heavy atom. The van der Waals surface area contributed by atoms with Crippen molar-refractivity contribution in [3.8, 4) is 0 Å². The minimum Gasteiger partial charge on any atom is -0.326 e. The van der Waals surface area contributed by atoms with Crippen LogP contribution in [0.3, 0.4) is 0 Å². The monoisotopic (exact) mass is 266 g/mol. The Balaban J connectivity index is 2.02. The van der Waals surface area contributed by atoms with Gasteiger partial charge in [0.2, 0.25) is 0 Å². The van der Waals surface area contributed by atoms with Crippen molar-refractivity contribution in [2.45, 2.75) is 45.7 Å². The van der Waals surface area contributed by atoms with Crippen LogP contribution >= 0.6 is 11.3 Å². The number of piperidine rings is 1. The van der Waals surface area contributed by atoms with Crippen LogP contribution < -0.4 is 5.73 Å². The van der Waals surface area contributed by atoms with E-state index in [2.05, 4.69) is 42.5 Å². The van der Waals surface area contributed by atoms with Crippen molar-refractivity contribution in [3.63, 3.8) is 0 Å². The van der Waals surface area contributed by atoms with Crippen LogP contribution in [0.5, 0.6) is 0 Å². The lowest BCUT2D eigenvalue weighted by atomic mass is 9.85. The first kappa shape index (κ1) is 14.0. The number of thiophene rings is 1. The van der Waals surface area contributed by atoms with Gasteiger partial charge in [-0.05, 0) is 67.1 Å². The second kappa shape index (κ2) is 6.18. The Morgan fingerprint density at radius 1 is 1.28 bits per heavy atom. The summed E-state index contributed by atoms with van der Waals surface area (Å²) in [6.07, 6.45) is 2.65. The quantitative estimate of drug-likeness (QED) is 0.903. The number of nitrogens with two attached hydrogens (primary N) is 1. The summed E-state index contributed by atoms with van der Waals surface area (Å²) < 4.78 is 0. The Kier molecular flexibility index (Phi) is 4.82. The van der Waals surface area contributed by atoms with Crippen LogP contribution in [0, 0.1) is 11.8 Å².